The van der Waals surface area contributed by atoms with Crippen molar-refractivity contribution < 1.29 is 17.9 Å². The van der Waals surface area contributed by atoms with Gasteiger partial charge in [0, 0.05) is 42.6 Å². The van der Waals surface area contributed by atoms with Gasteiger partial charge in [-0.1, -0.05) is 0 Å². The van der Waals surface area contributed by atoms with Gasteiger partial charge in [-0.15, -0.1) is 0 Å². The van der Waals surface area contributed by atoms with Crippen LogP contribution in [-0.4, -0.2) is 38.6 Å². The molecule has 1 aliphatic rings. The number of hydrogen-bond donors (Lipinski definition) is 0. The summed E-state index contributed by atoms with van der Waals surface area (Å²) in [5.41, 5.74) is 1.88. The monoisotopic (exact) mass is 363 g/mol. The van der Waals surface area contributed by atoms with Crippen LogP contribution in [0.3, 0.4) is 0 Å². The SMILES string of the molecule is Cc1cc(-c2cc(S(C)(=O)=O)ccc2OC2CCOC2)cn(C)c1=O. The highest BCUT2D eigenvalue weighted by Crippen LogP contribution is 2.33. The van der Waals surface area contributed by atoms with Gasteiger partial charge in [-0.05, 0) is 31.2 Å². The van der Waals surface area contributed by atoms with Crippen LogP contribution in [0.2, 0.25) is 0 Å². The summed E-state index contributed by atoms with van der Waals surface area (Å²) < 4.78 is 36.7. The number of nitrogens with zero attached hydrogens (tertiary/aromatic N) is 1. The number of benzene rings is 1. The van der Waals surface area contributed by atoms with Gasteiger partial charge in [-0.2, -0.15) is 0 Å². The van der Waals surface area contributed by atoms with Crippen LogP contribution in [0.15, 0.2) is 40.2 Å². The smallest absolute Gasteiger partial charge is 0.253 e. The zero-order chi connectivity index (χ0) is 18.2. The molecular weight excluding hydrogens is 342 g/mol. The Balaban J connectivity index is 2.14. The average molecular weight is 363 g/mol. The predicted molar refractivity (Wildman–Crippen MR) is 94.8 cm³/mol. The van der Waals surface area contributed by atoms with Crippen LogP contribution in [0, 0.1) is 6.92 Å². The lowest BCUT2D eigenvalue weighted by Crippen LogP contribution is -2.19. The molecule has 0 bridgehead atoms. The first-order chi connectivity index (χ1) is 11.8. The predicted octanol–water partition coefficient (Wildman–Crippen LogP) is 1.93. The molecule has 1 aromatic heterocycles. The van der Waals surface area contributed by atoms with Gasteiger partial charge in [0.2, 0.25) is 0 Å². The van der Waals surface area contributed by atoms with Crippen LogP contribution < -0.4 is 10.3 Å². The van der Waals surface area contributed by atoms with Crippen LogP contribution in [0.25, 0.3) is 11.1 Å². The highest BCUT2D eigenvalue weighted by atomic mass is 32.2. The minimum absolute atomic E-state index is 0.0588. The quantitative estimate of drug-likeness (QED) is 0.830. The zero-order valence-corrected chi connectivity index (χ0v) is 15.3. The average Bonchev–Trinajstić information content (AvgIpc) is 3.04. The van der Waals surface area contributed by atoms with E-state index in [9.17, 15) is 13.2 Å². The highest BCUT2D eigenvalue weighted by Gasteiger charge is 2.21. The normalized spacial score (nSPS) is 17.6. The van der Waals surface area contributed by atoms with Crippen molar-refractivity contribution in [3.63, 3.8) is 0 Å². The van der Waals surface area contributed by atoms with Crippen molar-refractivity contribution in [1.29, 1.82) is 0 Å². The summed E-state index contributed by atoms with van der Waals surface area (Å²) in [4.78, 5) is 12.2. The number of hydrogen-bond acceptors (Lipinski definition) is 5. The topological polar surface area (TPSA) is 74.6 Å². The van der Waals surface area contributed by atoms with Crippen molar-refractivity contribution in [2.24, 2.45) is 7.05 Å². The lowest BCUT2D eigenvalue weighted by atomic mass is 10.0. The number of aromatic nitrogens is 1. The molecule has 1 unspecified atom stereocenters. The van der Waals surface area contributed by atoms with Gasteiger partial charge in [-0.25, -0.2) is 8.42 Å². The van der Waals surface area contributed by atoms with Gasteiger partial charge >= 0.3 is 0 Å². The third kappa shape index (κ3) is 3.77. The van der Waals surface area contributed by atoms with E-state index in [0.717, 1.165) is 12.0 Å². The van der Waals surface area contributed by atoms with Gasteiger partial charge in [0.15, 0.2) is 9.84 Å². The fourth-order valence-corrected chi connectivity index (χ4v) is 3.53. The van der Waals surface area contributed by atoms with Crippen LogP contribution in [0.5, 0.6) is 5.75 Å². The maximum atomic E-state index is 12.0. The fourth-order valence-electron chi connectivity index (χ4n) is 2.88. The molecule has 2 heterocycles. The van der Waals surface area contributed by atoms with E-state index in [1.165, 1.54) is 10.8 Å². The molecule has 0 amide bonds. The van der Waals surface area contributed by atoms with E-state index < -0.39 is 9.84 Å². The molecule has 0 aliphatic carbocycles. The Kier molecular flexibility index (Phi) is 4.71. The van der Waals surface area contributed by atoms with Crippen LogP contribution >= 0.6 is 0 Å². The largest absolute Gasteiger partial charge is 0.487 e. The van der Waals surface area contributed by atoms with Crippen molar-refractivity contribution in [3.8, 4) is 16.9 Å². The maximum Gasteiger partial charge on any atom is 0.253 e. The Morgan fingerprint density at radius 2 is 2.04 bits per heavy atom. The molecule has 1 atom stereocenters. The molecule has 25 heavy (non-hydrogen) atoms. The lowest BCUT2D eigenvalue weighted by Gasteiger charge is -2.17. The van der Waals surface area contributed by atoms with Gasteiger partial charge in [0.05, 0.1) is 18.1 Å². The fraction of sp³-hybridized carbons (Fsp3) is 0.389. The third-order valence-corrected chi connectivity index (χ3v) is 5.34. The first-order valence-electron chi connectivity index (χ1n) is 8.02. The van der Waals surface area contributed by atoms with Crippen LogP contribution in [0.4, 0.5) is 0 Å². The Hall–Kier alpha value is -2.12. The maximum absolute atomic E-state index is 12.0. The molecule has 3 rings (SSSR count). The summed E-state index contributed by atoms with van der Waals surface area (Å²) in [7, 11) is -1.68. The van der Waals surface area contributed by atoms with E-state index in [1.807, 2.05) is 0 Å². The third-order valence-electron chi connectivity index (χ3n) is 4.23. The molecule has 1 fully saturated rings. The molecule has 2 aromatic rings. The Bertz CT molecular complexity index is 930. The standard InChI is InChI=1S/C18H21NO5S/c1-12-8-13(10-19(2)18(12)20)16-9-15(25(3,21)22)4-5-17(16)24-14-6-7-23-11-14/h4-5,8-10,14H,6-7,11H2,1-3H3. The van der Waals surface area contributed by atoms with Crippen molar-refractivity contribution in [2.75, 3.05) is 19.5 Å². The van der Waals surface area contributed by atoms with Gasteiger partial charge in [0.25, 0.3) is 5.56 Å². The van der Waals surface area contributed by atoms with Crippen molar-refractivity contribution in [3.05, 3.63) is 46.4 Å². The molecule has 134 valence electrons. The summed E-state index contributed by atoms with van der Waals surface area (Å²) in [6.07, 6.45) is 3.59. The molecule has 0 radical (unpaired) electrons. The zero-order valence-electron chi connectivity index (χ0n) is 14.5. The van der Waals surface area contributed by atoms with Crippen LogP contribution in [-0.2, 0) is 21.6 Å². The highest BCUT2D eigenvalue weighted by molar-refractivity contribution is 7.90. The number of rotatable bonds is 4. The molecule has 0 N–H and O–H groups in total. The number of ether oxygens (including phenoxy) is 2. The molecular formula is C18H21NO5S. The summed E-state index contributed by atoms with van der Waals surface area (Å²) >= 11 is 0. The molecule has 6 nitrogen and oxygen atoms in total. The number of sulfone groups is 1. The Morgan fingerprint density at radius 1 is 1.28 bits per heavy atom. The lowest BCUT2D eigenvalue weighted by molar-refractivity contribution is 0.141. The Morgan fingerprint density at radius 3 is 2.64 bits per heavy atom. The molecule has 1 saturated heterocycles. The molecule has 1 aromatic carbocycles. The van der Waals surface area contributed by atoms with E-state index in [4.69, 9.17) is 9.47 Å². The number of aryl methyl sites for hydroxylation is 2. The van der Waals surface area contributed by atoms with Gasteiger partial charge < -0.3 is 14.0 Å². The summed E-state index contributed by atoms with van der Waals surface area (Å²) in [5, 5.41) is 0. The second kappa shape index (κ2) is 6.65. The summed E-state index contributed by atoms with van der Waals surface area (Å²) in [5.74, 6) is 0.584. The second-order valence-electron chi connectivity index (χ2n) is 6.36. The molecule has 0 saturated carbocycles. The van der Waals surface area contributed by atoms with E-state index in [2.05, 4.69) is 0 Å². The van der Waals surface area contributed by atoms with E-state index in [0.29, 0.717) is 30.1 Å². The van der Waals surface area contributed by atoms with Crippen molar-refractivity contribution >= 4 is 9.84 Å². The van der Waals surface area contributed by atoms with Gasteiger partial charge in [0.1, 0.15) is 11.9 Å². The Labute approximate surface area is 146 Å². The summed E-state index contributed by atoms with van der Waals surface area (Å²) in [6, 6.07) is 6.56. The number of pyridine rings is 1. The second-order valence-corrected chi connectivity index (χ2v) is 8.38. The van der Waals surface area contributed by atoms with Crippen LogP contribution in [0.1, 0.15) is 12.0 Å². The first kappa shape index (κ1) is 17.7. The summed E-state index contributed by atoms with van der Waals surface area (Å²) in [6.45, 7) is 2.90. The minimum Gasteiger partial charge on any atom is -0.487 e. The van der Waals surface area contributed by atoms with Crippen molar-refractivity contribution in [2.45, 2.75) is 24.3 Å². The molecule has 0 spiro atoms. The first-order valence-corrected chi connectivity index (χ1v) is 9.91. The van der Waals surface area contributed by atoms with Crippen molar-refractivity contribution in [1.82, 2.24) is 4.57 Å². The molecule has 1 aliphatic heterocycles. The van der Waals surface area contributed by atoms with E-state index >= 15 is 0 Å². The molecule has 7 heteroatoms. The van der Waals surface area contributed by atoms with E-state index in [1.54, 1.807) is 44.4 Å². The van der Waals surface area contributed by atoms with Gasteiger partial charge in [-0.3, -0.25) is 4.79 Å². The minimum atomic E-state index is -3.35. The van der Waals surface area contributed by atoms with E-state index in [-0.39, 0.29) is 16.6 Å².